The summed E-state index contributed by atoms with van der Waals surface area (Å²) >= 11 is 0. The van der Waals surface area contributed by atoms with Crippen LogP contribution in [0.5, 0.6) is 5.75 Å². The lowest BCUT2D eigenvalue weighted by Gasteiger charge is -2.06. The van der Waals surface area contributed by atoms with Crippen LogP contribution >= 0.6 is 0 Å². The van der Waals surface area contributed by atoms with Gasteiger partial charge in [-0.05, 0) is 37.6 Å². The van der Waals surface area contributed by atoms with Crippen LogP contribution in [0.1, 0.15) is 18.1 Å². The Morgan fingerprint density at radius 3 is 2.62 bits per heavy atom. The molecule has 0 aliphatic carbocycles. The summed E-state index contributed by atoms with van der Waals surface area (Å²) in [6, 6.07) is 5.37. The van der Waals surface area contributed by atoms with E-state index in [-0.39, 0.29) is 0 Å². The second-order valence-corrected chi connectivity index (χ2v) is 5.00. The molecule has 0 spiro atoms. The average Bonchev–Trinajstić information content (AvgIpc) is 2.14. The molecule has 0 bridgehead atoms. The lowest BCUT2D eigenvalue weighted by atomic mass is 10.1. The van der Waals surface area contributed by atoms with Crippen molar-refractivity contribution in [2.24, 2.45) is 0 Å². The van der Waals surface area contributed by atoms with Crippen LogP contribution in [0.25, 0.3) is 6.08 Å². The fourth-order valence-electron chi connectivity index (χ4n) is 1.17. The number of allylic oxidation sites excluding steroid dienone is 1. The van der Waals surface area contributed by atoms with Gasteiger partial charge in [0, 0.05) is 5.56 Å². The van der Waals surface area contributed by atoms with Gasteiger partial charge >= 0.3 is 10.1 Å². The van der Waals surface area contributed by atoms with Gasteiger partial charge in [-0.1, -0.05) is 12.1 Å². The van der Waals surface area contributed by atoms with E-state index in [0.29, 0.717) is 11.3 Å². The Bertz CT molecular complexity index is 535. The van der Waals surface area contributed by atoms with E-state index in [1.165, 1.54) is 0 Å². The minimum Gasteiger partial charge on any atom is -0.382 e. The van der Waals surface area contributed by atoms with Gasteiger partial charge in [-0.3, -0.25) is 0 Å². The molecule has 0 N–H and O–H groups in total. The minimum absolute atomic E-state index is 0.330. The van der Waals surface area contributed by atoms with E-state index < -0.39 is 10.1 Å². The van der Waals surface area contributed by atoms with Crippen molar-refractivity contribution < 1.29 is 12.6 Å². The van der Waals surface area contributed by atoms with Crippen molar-refractivity contribution in [3.63, 3.8) is 0 Å². The Labute approximate surface area is 96.2 Å². The fourth-order valence-corrected chi connectivity index (χ4v) is 1.64. The number of hydrogen-bond acceptors (Lipinski definition) is 3. The largest absolute Gasteiger partial charge is 0.382 e. The van der Waals surface area contributed by atoms with Crippen molar-refractivity contribution in [2.45, 2.75) is 13.8 Å². The summed E-state index contributed by atoms with van der Waals surface area (Å²) in [5.74, 6) is 0.330. The smallest absolute Gasteiger partial charge is 0.306 e. The highest BCUT2D eigenvalue weighted by molar-refractivity contribution is 7.86. The number of aryl methyl sites for hydroxylation is 1. The molecule has 0 saturated carbocycles. The molecule has 4 heteroatoms. The predicted molar refractivity (Wildman–Crippen MR) is 64.9 cm³/mol. The molecule has 0 aliphatic rings. The van der Waals surface area contributed by atoms with E-state index >= 15 is 0 Å². The van der Waals surface area contributed by atoms with Crippen LogP contribution in [0.2, 0.25) is 0 Å². The first-order valence-electron chi connectivity index (χ1n) is 4.79. The first-order valence-corrected chi connectivity index (χ1v) is 6.61. The summed E-state index contributed by atoms with van der Waals surface area (Å²) in [6.07, 6.45) is 4.45. The molecule has 0 fully saturated rings. The van der Waals surface area contributed by atoms with E-state index in [1.54, 1.807) is 24.3 Å². The molecular weight excluding hydrogens is 224 g/mol. The van der Waals surface area contributed by atoms with Gasteiger partial charge in [0.05, 0.1) is 6.26 Å². The van der Waals surface area contributed by atoms with Crippen molar-refractivity contribution in [1.29, 1.82) is 0 Å². The van der Waals surface area contributed by atoms with E-state index in [1.807, 2.05) is 19.9 Å². The van der Waals surface area contributed by atoms with Crippen LogP contribution in [0.4, 0.5) is 0 Å². The van der Waals surface area contributed by atoms with Gasteiger partial charge in [0.15, 0.2) is 5.75 Å². The SMILES string of the molecule is CC=C=Cc1ccc(C)cc1OS(C)(=O)=O. The first-order chi connectivity index (χ1) is 7.42. The summed E-state index contributed by atoms with van der Waals surface area (Å²) in [6.45, 7) is 3.71. The molecule has 0 saturated heterocycles. The van der Waals surface area contributed by atoms with Gasteiger partial charge in [0.2, 0.25) is 0 Å². The lowest BCUT2D eigenvalue weighted by Crippen LogP contribution is -2.06. The van der Waals surface area contributed by atoms with E-state index in [2.05, 4.69) is 5.73 Å². The highest BCUT2D eigenvalue weighted by Crippen LogP contribution is 2.22. The third-order valence-electron chi connectivity index (χ3n) is 1.82. The van der Waals surface area contributed by atoms with Gasteiger partial charge in [0.1, 0.15) is 0 Å². The summed E-state index contributed by atoms with van der Waals surface area (Å²) in [4.78, 5) is 0. The quantitative estimate of drug-likeness (QED) is 0.600. The Hall–Kier alpha value is -1.51. The normalized spacial score (nSPS) is 10.4. The van der Waals surface area contributed by atoms with Crippen molar-refractivity contribution in [2.75, 3.05) is 6.26 Å². The average molecular weight is 238 g/mol. The third-order valence-corrected chi connectivity index (χ3v) is 2.30. The molecule has 1 aromatic rings. The Balaban J connectivity index is 3.23. The van der Waals surface area contributed by atoms with Gasteiger partial charge in [0.25, 0.3) is 0 Å². The molecule has 0 aliphatic heterocycles. The summed E-state index contributed by atoms with van der Waals surface area (Å²) in [5.41, 5.74) is 4.52. The van der Waals surface area contributed by atoms with Crippen LogP contribution in [-0.2, 0) is 10.1 Å². The van der Waals surface area contributed by atoms with Gasteiger partial charge in [-0.15, -0.1) is 5.73 Å². The van der Waals surface area contributed by atoms with Crippen LogP contribution in [0.15, 0.2) is 30.0 Å². The monoisotopic (exact) mass is 238 g/mol. The van der Waals surface area contributed by atoms with Gasteiger partial charge in [-0.25, -0.2) is 0 Å². The van der Waals surface area contributed by atoms with E-state index in [4.69, 9.17) is 4.18 Å². The highest BCUT2D eigenvalue weighted by Gasteiger charge is 2.08. The zero-order chi connectivity index (χ0) is 12.2. The Kier molecular flexibility index (Phi) is 3.93. The second-order valence-electron chi connectivity index (χ2n) is 3.43. The second kappa shape index (κ2) is 5.01. The molecule has 16 heavy (non-hydrogen) atoms. The van der Waals surface area contributed by atoms with Crippen molar-refractivity contribution in [3.8, 4) is 5.75 Å². The number of hydrogen-bond donors (Lipinski definition) is 0. The topological polar surface area (TPSA) is 43.4 Å². The maximum atomic E-state index is 11.1. The highest BCUT2D eigenvalue weighted by atomic mass is 32.2. The van der Waals surface area contributed by atoms with Gasteiger partial charge < -0.3 is 4.18 Å². The van der Waals surface area contributed by atoms with Crippen molar-refractivity contribution in [3.05, 3.63) is 41.1 Å². The lowest BCUT2D eigenvalue weighted by molar-refractivity contribution is 0.492. The van der Waals surface area contributed by atoms with E-state index in [9.17, 15) is 8.42 Å². The maximum Gasteiger partial charge on any atom is 0.306 e. The molecule has 0 atom stereocenters. The molecule has 86 valence electrons. The third kappa shape index (κ3) is 3.93. The van der Waals surface area contributed by atoms with Crippen LogP contribution in [0, 0.1) is 6.92 Å². The fraction of sp³-hybridized carbons (Fsp3) is 0.250. The summed E-state index contributed by atoms with van der Waals surface area (Å²) in [5, 5.41) is 0. The molecule has 3 nitrogen and oxygen atoms in total. The number of rotatable bonds is 3. The van der Waals surface area contributed by atoms with Gasteiger partial charge in [-0.2, -0.15) is 8.42 Å². The Morgan fingerprint density at radius 1 is 1.38 bits per heavy atom. The standard InChI is InChI=1S/C12H14O3S/c1-4-5-6-11-8-7-10(2)9-12(11)15-16(3,13)14/h4,6-9H,1-3H3. The molecule has 1 rings (SSSR count). The van der Waals surface area contributed by atoms with Crippen molar-refractivity contribution in [1.82, 2.24) is 0 Å². The first kappa shape index (κ1) is 12.6. The van der Waals surface area contributed by atoms with Crippen LogP contribution in [-0.4, -0.2) is 14.7 Å². The summed E-state index contributed by atoms with van der Waals surface area (Å²) < 4.78 is 27.0. The maximum absolute atomic E-state index is 11.1. The molecule has 0 amide bonds. The molecule has 0 unspecified atom stereocenters. The molecule has 1 aromatic carbocycles. The Morgan fingerprint density at radius 2 is 2.06 bits per heavy atom. The minimum atomic E-state index is -3.50. The van der Waals surface area contributed by atoms with Crippen LogP contribution in [0.3, 0.4) is 0 Å². The zero-order valence-corrected chi connectivity index (χ0v) is 10.3. The van der Waals surface area contributed by atoms with E-state index in [0.717, 1.165) is 11.8 Å². The zero-order valence-electron chi connectivity index (χ0n) is 9.52. The predicted octanol–water partition coefficient (Wildman–Crippen LogP) is 2.52. The number of benzene rings is 1. The molecule has 0 radical (unpaired) electrons. The molecule has 0 aromatic heterocycles. The molecule has 0 heterocycles. The summed E-state index contributed by atoms with van der Waals surface area (Å²) in [7, 11) is -3.50. The van der Waals surface area contributed by atoms with Crippen molar-refractivity contribution >= 4 is 16.2 Å². The molecular formula is C12H14O3S. The van der Waals surface area contributed by atoms with Crippen LogP contribution < -0.4 is 4.18 Å².